The molecule has 3 heterocycles. The van der Waals surface area contributed by atoms with Crippen molar-refractivity contribution in [2.24, 2.45) is 5.92 Å². The lowest BCUT2D eigenvalue weighted by molar-refractivity contribution is 0.0101. The van der Waals surface area contributed by atoms with Crippen LogP contribution in [0.3, 0.4) is 0 Å². The Bertz CT molecular complexity index is 523. The number of H-pyrrole nitrogens is 1. The zero-order valence-electron chi connectivity index (χ0n) is 13.1. The van der Waals surface area contributed by atoms with Crippen LogP contribution in [0.1, 0.15) is 28.0 Å². The molecule has 2 unspecified atom stereocenters. The molecule has 1 aromatic heterocycles. The van der Waals surface area contributed by atoms with Gasteiger partial charge in [0.05, 0.1) is 19.3 Å². The van der Waals surface area contributed by atoms with Crippen molar-refractivity contribution in [2.75, 3.05) is 39.4 Å². The Morgan fingerprint density at radius 3 is 3.00 bits per heavy atom. The van der Waals surface area contributed by atoms with E-state index in [1.54, 1.807) is 0 Å². The highest BCUT2D eigenvalue weighted by Crippen LogP contribution is 2.23. The molecule has 3 rings (SSSR count). The van der Waals surface area contributed by atoms with Crippen molar-refractivity contribution >= 4 is 5.78 Å². The van der Waals surface area contributed by atoms with E-state index in [0.717, 1.165) is 43.1 Å². The lowest BCUT2D eigenvalue weighted by atomic mass is 9.91. The zero-order chi connectivity index (χ0) is 15.5. The molecule has 2 aliphatic rings. The number of ether oxygens (including phenoxy) is 1. The Balaban J connectivity index is 1.61. The first kappa shape index (κ1) is 15.7. The number of Topliss-reactive ketones (excluding diaryl/α,β-unsaturated/α-hetero) is 1. The van der Waals surface area contributed by atoms with Gasteiger partial charge in [-0.25, -0.2) is 0 Å². The van der Waals surface area contributed by atoms with Crippen molar-refractivity contribution in [3.05, 3.63) is 23.0 Å². The summed E-state index contributed by atoms with van der Waals surface area (Å²) >= 11 is 0. The molecule has 6 nitrogen and oxygen atoms in total. The molecule has 3 N–H and O–H groups in total. The molecule has 1 fully saturated rings. The van der Waals surface area contributed by atoms with Gasteiger partial charge in [0.2, 0.25) is 0 Å². The molecule has 2 atom stereocenters. The average molecular weight is 307 g/mol. The minimum Gasteiger partial charge on any atom is -0.392 e. The number of β-amino-alcohol motifs (C(OH)–C–C–N with tert-alkyl or cyclic N) is 1. The zero-order valence-corrected chi connectivity index (χ0v) is 13.1. The van der Waals surface area contributed by atoms with Gasteiger partial charge in [-0.3, -0.25) is 9.69 Å². The maximum atomic E-state index is 12.7. The van der Waals surface area contributed by atoms with Crippen LogP contribution in [0, 0.1) is 12.8 Å². The summed E-state index contributed by atoms with van der Waals surface area (Å²) in [5.74, 6) is -0.00781. The largest absolute Gasteiger partial charge is 0.392 e. The molecule has 0 radical (unpaired) electrons. The molecule has 0 amide bonds. The highest BCUT2D eigenvalue weighted by Gasteiger charge is 2.30. The molecule has 1 aromatic rings. The molecular formula is C16H25N3O3. The maximum absolute atomic E-state index is 12.7. The normalized spacial score (nSPS) is 24.8. The number of rotatable bonds is 4. The minimum atomic E-state index is -0.477. The Morgan fingerprint density at radius 2 is 2.23 bits per heavy atom. The molecule has 0 bridgehead atoms. The van der Waals surface area contributed by atoms with Gasteiger partial charge in [-0.2, -0.15) is 0 Å². The number of aryl methyl sites for hydroxylation is 1. The number of aliphatic hydroxyl groups is 1. The van der Waals surface area contributed by atoms with Crippen LogP contribution < -0.4 is 5.32 Å². The molecule has 2 aliphatic heterocycles. The maximum Gasteiger partial charge on any atom is 0.169 e. The number of ketones is 1. The number of nitrogens with zero attached hydrogens (tertiary/aromatic N) is 1. The quantitative estimate of drug-likeness (QED) is 0.746. The fraction of sp³-hybridized carbons (Fsp3) is 0.688. The van der Waals surface area contributed by atoms with Crippen LogP contribution in [0.2, 0.25) is 0 Å². The second-order valence-electron chi connectivity index (χ2n) is 6.32. The first-order valence-corrected chi connectivity index (χ1v) is 8.05. The van der Waals surface area contributed by atoms with Gasteiger partial charge in [0, 0.05) is 56.1 Å². The van der Waals surface area contributed by atoms with Crippen LogP contribution in [-0.2, 0) is 11.3 Å². The number of carbonyl (C=O) groups is 1. The fourth-order valence-corrected chi connectivity index (χ4v) is 3.40. The third-order valence-corrected chi connectivity index (χ3v) is 4.60. The Kier molecular flexibility index (Phi) is 4.93. The number of carbonyl (C=O) groups excluding carboxylic acids is 1. The van der Waals surface area contributed by atoms with E-state index in [4.69, 9.17) is 4.74 Å². The van der Waals surface area contributed by atoms with Gasteiger partial charge in [0.25, 0.3) is 0 Å². The number of hydrogen-bond donors (Lipinski definition) is 3. The van der Waals surface area contributed by atoms with Crippen molar-refractivity contribution in [1.29, 1.82) is 0 Å². The molecular weight excluding hydrogens is 282 g/mol. The third-order valence-electron chi connectivity index (χ3n) is 4.60. The molecule has 122 valence electrons. The van der Waals surface area contributed by atoms with Crippen molar-refractivity contribution < 1.29 is 14.6 Å². The Labute approximate surface area is 130 Å². The Morgan fingerprint density at radius 1 is 1.45 bits per heavy atom. The second kappa shape index (κ2) is 6.91. The average Bonchev–Trinajstić information content (AvgIpc) is 2.79. The molecule has 1 saturated heterocycles. The fourth-order valence-electron chi connectivity index (χ4n) is 3.40. The van der Waals surface area contributed by atoms with E-state index in [2.05, 4.69) is 15.2 Å². The number of morpholine rings is 1. The number of aromatic amines is 1. The SMILES string of the molecule is Cc1c[nH]c2c1C(=O)C(CC(O)CN1CCOCC1)CNC2. The monoisotopic (exact) mass is 307 g/mol. The van der Waals surface area contributed by atoms with Crippen LogP contribution in [-0.4, -0.2) is 66.3 Å². The summed E-state index contributed by atoms with van der Waals surface area (Å²) in [6.07, 6.45) is 1.92. The molecule has 0 saturated carbocycles. The summed E-state index contributed by atoms with van der Waals surface area (Å²) in [7, 11) is 0. The number of fused-ring (bicyclic) bond motifs is 1. The predicted octanol–water partition coefficient (Wildman–Crippen LogP) is 0.308. The Hall–Kier alpha value is -1.21. The topological polar surface area (TPSA) is 77.6 Å². The van der Waals surface area contributed by atoms with E-state index >= 15 is 0 Å². The van der Waals surface area contributed by atoms with E-state index in [-0.39, 0.29) is 11.7 Å². The number of aliphatic hydroxyl groups excluding tert-OH is 1. The lowest BCUT2D eigenvalue weighted by Crippen LogP contribution is -2.42. The molecule has 0 aliphatic carbocycles. The van der Waals surface area contributed by atoms with Gasteiger partial charge < -0.3 is 20.1 Å². The summed E-state index contributed by atoms with van der Waals surface area (Å²) in [5.41, 5.74) is 2.78. The van der Waals surface area contributed by atoms with Crippen molar-refractivity contribution in [3.63, 3.8) is 0 Å². The van der Waals surface area contributed by atoms with E-state index in [0.29, 0.717) is 26.1 Å². The third kappa shape index (κ3) is 3.41. The van der Waals surface area contributed by atoms with Crippen LogP contribution >= 0.6 is 0 Å². The molecule has 6 heteroatoms. The van der Waals surface area contributed by atoms with Crippen LogP contribution in [0.25, 0.3) is 0 Å². The minimum absolute atomic E-state index is 0.153. The van der Waals surface area contributed by atoms with Gasteiger partial charge in [0.15, 0.2) is 5.78 Å². The highest BCUT2D eigenvalue weighted by molar-refractivity contribution is 6.00. The highest BCUT2D eigenvalue weighted by atomic mass is 16.5. The van der Waals surface area contributed by atoms with Gasteiger partial charge in [-0.1, -0.05) is 0 Å². The van der Waals surface area contributed by atoms with Crippen molar-refractivity contribution in [2.45, 2.75) is 26.0 Å². The van der Waals surface area contributed by atoms with E-state index in [1.807, 2.05) is 13.1 Å². The van der Waals surface area contributed by atoms with E-state index in [9.17, 15) is 9.90 Å². The van der Waals surface area contributed by atoms with E-state index in [1.165, 1.54) is 0 Å². The lowest BCUT2D eigenvalue weighted by Gasteiger charge is -2.29. The van der Waals surface area contributed by atoms with Crippen molar-refractivity contribution in [1.82, 2.24) is 15.2 Å². The van der Waals surface area contributed by atoms with E-state index < -0.39 is 6.10 Å². The predicted molar refractivity (Wildman–Crippen MR) is 82.9 cm³/mol. The second-order valence-corrected chi connectivity index (χ2v) is 6.32. The van der Waals surface area contributed by atoms with Gasteiger partial charge in [-0.15, -0.1) is 0 Å². The van der Waals surface area contributed by atoms with Gasteiger partial charge in [0.1, 0.15) is 0 Å². The summed E-state index contributed by atoms with van der Waals surface area (Å²) in [6.45, 7) is 7.05. The van der Waals surface area contributed by atoms with Crippen molar-refractivity contribution in [3.8, 4) is 0 Å². The standard InChI is InChI=1S/C16H25N3O3/c1-11-7-18-14-9-17-8-12(16(21)15(11)14)6-13(20)10-19-2-4-22-5-3-19/h7,12-13,17-18,20H,2-6,8-10H2,1H3. The van der Waals surface area contributed by atoms with Crippen LogP contribution in [0.4, 0.5) is 0 Å². The number of nitrogens with one attached hydrogen (secondary N) is 2. The first-order chi connectivity index (χ1) is 10.6. The summed E-state index contributed by atoms with van der Waals surface area (Å²) in [5, 5.41) is 13.7. The first-order valence-electron chi connectivity index (χ1n) is 8.05. The smallest absolute Gasteiger partial charge is 0.169 e. The van der Waals surface area contributed by atoms with Gasteiger partial charge >= 0.3 is 0 Å². The number of hydrogen-bond acceptors (Lipinski definition) is 5. The van der Waals surface area contributed by atoms with Gasteiger partial charge in [-0.05, 0) is 18.9 Å². The molecule has 22 heavy (non-hydrogen) atoms. The molecule has 0 aromatic carbocycles. The summed E-state index contributed by atoms with van der Waals surface area (Å²) in [6, 6.07) is 0. The van der Waals surface area contributed by atoms with Crippen LogP contribution in [0.15, 0.2) is 6.20 Å². The number of aromatic nitrogens is 1. The summed E-state index contributed by atoms with van der Waals surface area (Å²) in [4.78, 5) is 18.1. The summed E-state index contributed by atoms with van der Waals surface area (Å²) < 4.78 is 5.32. The molecule has 0 spiro atoms. The van der Waals surface area contributed by atoms with Crippen LogP contribution in [0.5, 0.6) is 0 Å².